The lowest BCUT2D eigenvalue weighted by Gasteiger charge is -2.23. The molecule has 2 nitrogen and oxygen atoms in total. The molecule has 0 unspecified atom stereocenters. The zero-order valence-electron chi connectivity index (χ0n) is 10.6. The van der Waals surface area contributed by atoms with Gasteiger partial charge in [0.25, 0.3) is 0 Å². The highest BCUT2D eigenvalue weighted by Gasteiger charge is 2.29. The SMILES string of the molecule is CC(C)(C(=O)Cc1cccs1)c1ccc(N)cc1. The van der Waals surface area contributed by atoms with Crippen molar-refractivity contribution in [3.8, 4) is 0 Å². The maximum Gasteiger partial charge on any atom is 0.148 e. The van der Waals surface area contributed by atoms with Gasteiger partial charge in [-0.2, -0.15) is 0 Å². The van der Waals surface area contributed by atoms with Gasteiger partial charge in [0.15, 0.2) is 0 Å². The standard InChI is InChI=1S/C15H17NOS/c1-15(2,11-5-7-12(16)8-6-11)14(17)10-13-4-3-9-18-13/h3-9H,10,16H2,1-2H3. The Balaban J connectivity index is 2.19. The maximum absolute atomic E-state index is 12.4. The lowest BCUT2D eigenvalue weighted by atomic mass is 9.79. The van der Waals surface area contributed by atoms with Crippen molar-refractivity contribution in [1.29, 1.82) is 0 Å². The van der Waals surface area contributed by atoms with E-state index < -0.39 is 5.41 Å². The normalized spacial score (nSPS) is 11.4. The van der Waals surface area contributed by atoms with E-state index in [-0.39, 0.29) is 5.78 Å². The highest BCUT2D eigenvalue weighted by molar-refractivity contribution is 7.10. The predicted octanol–water partition coefficient (Wildman–Crippen LogP) is 3.42. The van der Waals surface area contributed by atoms with Gasteiger partial charge in [0, 0.05) is 22.4 Å². The molecule has 0 bridgehead atoms. The minimum absolute atomic E-state index is 0.231. The van der Waals surface area contributed by atoms with Crippen LogP contribution < -0.4 is 5.73 Å². The van der Waals surface area contributed by atoms with Crippen LogP contribution in [0.4, 0.5) is 5.69 Å². The van der Waals surface area contributed by atoms with E-state index in [1.54, 1.807) is 11.3 Å². The van der Waals surface area contributed by atoms with Gasteiger partial charge < -0.3 is 5.73 Å². The van der Waals surface area contributed by atoms with E-state index in [1.807, 2.05) is 55.6 Å². The number of Topliss-reactive ketones (excluding diaryl/α,β-unsaturated/α-hetero) is 1. The van der Waals surface area contributed by atoms with Gasteiger partial charge in [-0.15, -0.1) is 11.3 Å². The molecule has 1 heterocycles. The molecule has 2 rings (SSSR count). The lowest BCUT2D eigenvalue weighted by Crippen LogP contribution is -2.30. The number of nitrogen functional groups attached to an aromatic ring is 1. The summed E-state index contributed by atoms with van der Waals surface area (Å²) in [4.78, 5) is 13.5. The Hall–Kier alpha value is -1.61. The molecular weight excluding hydrogens is 242 g/mol. The monoisotopic (exact) mass is 259 g/mol. The third kappa shape index (κ3) is 2.62. The molecule has 0 saturated heterocycles. The van der Waals surface area contributed by atoms with Gasteiger partial charge >= 0.3 is 0 Å². The van der Waals surface area contributed by atoms with Crippen molar-refractivity contribution in [1.82, 2.24) is 0 Å². The van der Waals surface area contributed by atoms with E-state index in [4.69, 9.17) is 5.73 Å². The molecule has 1 aromatic heterocycles. The third-order valence-corrected chi connectivity index (χ3v) is 4.12. The highest BCUT2D eigenvalue weighted by Crippen LogP contribution is 2.27. The van der Waals surface area contributed by atoms with E-state index in [1.165, 1.54) is 0 Å². The van der Waals surface area contributed by atoms with Gasteiger partial charge in [0.2, 0.25) is 0 Å². The second-order valence-electron chi connectivity index (χ2n) is 4.93. The van der Waals surface area contributed by atoms with Crippen molar-refractivity contribution in [2.75, 3.05) is 5.73 Å². The summed E-state index contributed by atoms with van der Waals surface area (Å²) in [6.45, 7) is 3.93. The summed E-state index contributed by atoms with van der Waals surface area (Å²) in [6, 6.07) is 11.5. The van der Waals surface area contributed by atoms with Gasteiger partial charge in [0.1, 0.15) is 5.78 Å². The summed E-state index contributed by atoms with van der Waals surface area (Å²) in [6.07, 6.45) is 0.495. The van der Waals surface area contributed by atoms with Crippen LogP contribution in [-0.2, 0) is 16.6 Å². The number of benzene rings is 1. The molecule has 0 aliphatic heterocycles. The average Bonchev–Trinajstić information content (AvgIpc) is 2.82. The van der Waals surface area contributed by atoms with Gasteiger partial charge in [-0.3, -0.25) is 4.79 Å². The first-order valence-corrected chi connectivity index (χ1v) is 6.80. The highest BCUT2D eigenvalue weighted by atomic mass is 32.1. The van der Waals surface area contributed by atoms with E-state index in [0.29, 0.717) is 6.42 Å². The van der Waals surface area contributed by atoms with Gasteiger partial charge in [0.05, 0.1) is 0 Å². The first-order chi connectivity index (χ1) is 8.50. The summed E-state index contributed by atoms with van der Waals surface area (Å²) in [5.41, 5.74) is 6.93. The molecule has 3 heteroatoms. The number of carbonyl (C=O) groups is 1. The number of ketones is 1. The zero-order chi connectivity index (χ0) is 13.2. The number of hydrogen-bond donors (Lipinski definition) is 1. The number of carbonyl (C=O) groups excluding carboxylic acids is 1. The molecule has 0 spiro atoms. The minimum atomic E-state index is -0.475. The topological polar surface area (TPSA) is 43.1 Å². The van der Waals surface area contributed by atoms with E-state index in [9.17, 15) is 4.79 Å². The Bertz CT molecular complexity index is 526. The molecule has 1 aromatic carbocycles. The predicted molar refractivity (Wildman–Crippen MR) is 76.9 cm³/mol. The molecule has 2 N–H and O–H groups in total. The largest absolute Gasteiger partial charge is 0.399 e. The van der Waals surface area contributed by atoms with Crippen molar-refractivity contribution in [2.45, 2.75) is 25.7 Å². The van der Waals surface area contributed by atoms with Crippen molar-refractivity contribution >= 4 is 22.8 Å². The molecule has 0 aliphatic rings. The Kier molecular flexibility index (Phi) is 3.53. The molecule has 94 valence electrons. The van der Waals surface area contributed by atoms with Crippen molar-refractivity contribution in [3.05, 3.63) is 52.2 Å². The maximum atomic E-state index is 12.4. The summed E-state index contributed by atoms with van der Waals surface area (Å²) in [5.74, 6) is 0.231. The van der Waals surface area contributed by atoms with Crippen LogP contribution in [0.15, 0.2) is 41.8 Å². The molecule has 0 aliphatic carbocycles. The van der Waals surface area contributed by atoms with Crippen LogP contribution in [0.2, 0.25) is 0 Å². The van der Waals surface area contributed by atoms with Crippen LogP contribution in [0.5, 0.6) is 0 Å². The van der Waals surface area contributed by atoms with Crippen LogP contribution in [0.25, 0.3) is 0 Å². The Labute approximate surface area is 111 Å². The number of hydrogen-bond acceptors (Lipinski definition) is 3. The summed E-state index contributed by atoms with van der Waals surface area (Å²) in [7, 11) is 0. The fraction of sp³-hybridized carbons (Fsp3) is 0.267. The molecule has 2 aromatic rings. The third-order valence-electron chi connectivity index (χ3n) is 3.24. The van der Waals surface area contributed by atoms with E-state index >= 15 is 0 Å². The fourth-order valence-corrected chi connectivity index (χ4v) is 2.56. The van der Waals surface area contributed by atoms with Crippen LogP contribution in [-0.4, -0.2) is 5.78 Å². The Morgan fingerprint density at radius 2 is 1.89 bits per heavy atom. The van der Waals surface area contributed by atoms with Gasteiger partial charge in [-0.1, -0.05) is 18.2 Å². The zero-order valence-corrected chi connectivity index (χ0v) is 11.5. The number of thiophene rings is 1. The van der Waals surface area contributed by atoms with Gasteiger partial charge in [-0.05, 0) is 43.0 Å². The number of anilines is 1. The molecule has 0 amide bonds. The second kappa shape index (κ2) is 4.94. The summed E-state index contributed by atoms with van der Waals surface area (Å²) in [5, 5.41) is 2.00. The van der Waals surface area contributed by atoms with Crippen LogP contribution in [0.1, 0.15) is 24.3 Å². The van der Waals surface area contributed by atoms with Crippen LogP contribution in [0, 0.1) is 0 Å². The summed E-state index contributed by atoms with van der Waals surface area (Å²) >= 11 is 1.62. The quantitative estimate of drug-likeness (QED) is 0.855. The first kappa shape index (κ1) is 12.8. The van der Waals surface area contributed by atoms with Crippen LogP contribution in [0.3, 0.4) is 0 Å². The van der Waals surface area contributed by atoms with E-state index in [2.05, 4.69) is 0 Å². The van der Waals surface area contributed by atoms with Gasteiger partial charge in [-0.25, -0.2) is 0 Å². The van der Waals surface area contributed by atoms with Crippen molar-refractivity contribution in [3.63, 3.8) is 0 Å². The van der Waals surface area contributed by atoms with Crippen LogP contribution >= 0.6 is 11.3 Å². The first-order valence-electron chi connectivity index (χ1n) is 5.92. The smallest absolute Gasteiger partial charge is 0.148 e. The lowest BCUT2D eigenvalue weighted by molar-refractivity contribution is -0.122. The molecule has 0 saturated carbocycles. The van der Waals surface area contributed by atoms with Crippen molar-refractivity contribution < 1.29 is 4.79 Å². The Morgan fingerprint density at radius 3 is 2.44 bits per heavy atom. The summed E-state index contributed by atoms with van der Waals surface area (Å²) < 4.78 is 0. The molecule has 0 radical (unpaired) electrons. The number of rotatable bonds is 4. The fourth-order valence-electron chi connectivity index (χ4n) is 1.85. The molecule has 0 atom stereocenters. The second-order valence-corrected chi connectivity index (χ2v) is 5.96. The minimum Gasteiger partial charge on any atom is -0.399 e. The average molecular weight is 259 g/mol. The Morgan fingerprint density at radius 1 is 1.22 bits per heavy atom. The number of nitrogens with two attached hydrogens (primary N) is 1. The molecule has 0 fully saturated rings. The van der Waals surface area contributed by atoms with Crippen molar-refractivity contribution in [2.24, 2.45) is 0 Å². The molecular formula is C15H17NOS. The molecule has 18 heavy (non-hydrogen) atoms. The van der Waals surface area contributed by atoms with E-state index in [0.717, 1.165) is 16.1 Å².